The van der Waals surface area contributed by atoms with Gasteiger partial charge in [-0.3, -0.25) is 4.79 Å². The van der Waals surface area contributed by atoms with Crippen molar-refractivity contribution in [1.82, 2.24) is 9.88 Å². The first kappa shape index (κ1) is 14.7. The second-order valence-electron chi connectivity index (χ2n) is 5.33. The molecule has 0 atom stereocenters. The maximum Gasteiger partial charge on any atom is 0.251 e. The van der Waals surface area contributed by atoms with Gasteiger partial charge >= 0.3 is 0 Å². The second kappa shape index (κ2) is 6.24. The predicted molar refractivity (Wildman–Crippen MR) is 90.4 cm³/mol. The van der Waals surface area contributed by atoms with Gasteiger partial charge in [0.1, 0.15) is 0 Å². The molecule has 3 aromatic rings. The van der Waals surface area contributed by atoms with Crippen molar-refractivity contribution >= 4 is 28.4 Å². The zero-order chi connectivity index (χ0) is 15.5. The van der Waals surface area contributed by atoms with Gasteiger partial charge in [0.2, 0.25) is 0 Å². The van der Waals surface area contributed by atoms with Crippen LogP contribution >= 0.6 is 11.6 Å². The molecule has 0 aliphatic rings. The number of fused-ring (bicyclic) bond motifs is 1. The number of rotatable bonds is 4. The van der Waals surface area contributed by atoms with Crippen LogP contribution in [-0.2, 0) is 13.5 Å². The fraction of sp³-hybridized carbons (Fsp3) is 0.167. The summed E-state index contributed by atoms with van der Waals surface area (Å²) in [5.74, 6) is -0.0419. The third-order valence-corrected chi connectivity index (χ3v) is 4.01. The summed E-state index contributed by atoms with van der Waals surface area (Å²) in [6.07, 6.45) is 2.78. The maximum absolute atomic E-state index is 12.2. The highest BCUT2D eigenvalue weighted by molar-refractivity contribution is 6.30. The number of nitrogens with one attached hydrogen (secondary N) is 1. The maximum atomic E-state index is 12.2. The summed E-state index contributed by atoms with van der Waals surface area (Å²) in [6, 6.07) is 15.5. The van der Waals surface area contributed by atoms with Gasteiger partial charge in [-0.2, -0.15) is 0 Å². The number of aryl methyl sites for hydroxylation is 1. The van der Waals surface area contributed by atoms with Crippen LogP contribution in [0.5, 0.6) is 0 Å². The summed E-state index contributed by atoms with van der Waals surface area (Å²) in [4.78, 5) is 12.2. The Hall–Kier alpha value is -2.26. The molecule has 0 bridgehead atoms. The minimum atomic E-state index is -0.0419. The van der Waals surface area contributed by atoms with Crippen LogP contribution in [0.15, 0.2) is 54.7 Å². The second-order valence-corrected chi connectivity index (χ2v) is 5.77. The molecule has 0 aliphatic heterocycles. The first-order chi connectivity index (χ1) is 10.6. The quantitative estimate of drug-likeness (QED) is 0.781. The van der Waals surface area contributed by atoms with Crippen LogP contribution in [0.3, 0.4) is 0 Å². The molecule has 1 amide bonds. The standard InChI is InChI=1S/C18H17ClN2O/c1-21-11-9-14-12-15(4-7-17(14)21)18(22)20-10-8-13-2-5-16(19)6-3-13/h2-7,9,11-12H,8,10H2,1H3,(H,20,22). The summed E-state index contributed by atoms with van der Waals surface area (Å²) in [7, 11) is 1.99. The Bertz CT molecular complexity index is 806. The predicted octanol–water partition coefficient (Wildman–Crippen LogP) is 3.80. The lowest BCUT2D eigenvalue weighted by Gasteiger charge is -2.06. The molecule has 0 aliphatic carbocycles. The lowest BCUT2D eigenvalue weighted by atomic mass is 10.1. The van der Waals surface area contributed by atoms with Crippen molar-refractivity contribution in [3.05, 3.63) is 70.9 Å². The molecule has 0 fully saturated rings. The van der Waals surface area contributed by atoms with Crippen molar-refractivity contribution in [2.45, 2.75) is 6.42 Å². The SMILES string of the molecule is Cn1ccc2cc(C(=O)NCCc3ccc(Cl)cc3)ccc21. The van der Waals surface area contributed by atoms with Gasteiger partial charge < -0.3 is 9.88 Å². The average Bonchev–Trinajstić information content (AvgIpc) is 2.90. The van der Waals surface area contributed by atoms with E-state index in [1.807, 2.05) is 66.3 Å². The van der Waals surface area contributed by atoms with E-state index in [0.717, 1.165) is 27.9 Å². The zero-order valence-corrected chi connectivity index (χ0v) is 13.1. The van der Waals surface area contributed by atoms with E-state index in [-0.39, 0.29) is 5.91 Å². The van der Waals surface area contributed by atoms with Gasteiger partial charge in [0.25, 0.3) is 5.91 Å². The van der Waals surface area contributed by atoms with E-state index >= 15 is 0 Å². The fourth-order valence-electron chi connectivity index (χ4n) is 2.50. The molecule has 2 aromatic carbocycles. The summed E-state index contributed by atoms with van der Waals surface area (Å²) in [5.41, 5.74) is 2.97. The third kappa shape index (κ3) is 3.15. The molecule has 0 unspecified atom stereocenters. The number of carbonyl (C=O) groups excluding carboxylic acids is 1. The summed E-state index contributed by atoms with van der Waals surface area (Å²) < 4.78 is 2.04. The van der Waals surface area contributed by atoms with Crippen LogP contribution in [0.2, 0.25) is 5.02 Å². The highest BCUT2D eigenvalue weighted by Gasteiger charge is 2.07. The Morgan fingerprint density at radius 3 is 2.68 bits per heavy atom. The van der Waals surface area contributed by atoms with E-state index < -0.39 is 0 Å². The fourth-order valence-corrected chi connectivity index (χ4v) is 2.62. The number of benzene rings is 2. The van der Waals surface area contributed by atoms with E-state index in [2.05, 4.69) is 5.32 Å². The molecule has 112 valence electrons. The van der Waals surface area contributed by atoms with Crippen molar-refractivity contribution in [1.29, 1.82) is 0 Å². The highest BCUT2D eigenvalue weighted by Crippen LogP contribution is 2.16. The Labute approximate surface area is 134 Å². The molecule has 3 nitrogen and oxygen atoms in total. The van der Waals surface area contributed by atoms with Gasteiger partial charge in [0.05, 0.1) is 0 Å². The van der Waals surface area contributed by atoms with Gasteiger partial charge in [0.15, 0.2) is 0 Å². The topological polar surface area (TPSA) is 34.0 Å². The number of carbonyl (C=O) groups is 1. The summed E-state index contributed by atoms with van der Waals surface area (Å²) in [6.45, 7) is 0.604. The number of hydrogen-bond acceptors (Lipinski definition) is 1. The molecule has 0 radical (unpaired) electrons. The smallest absolute Gasteiger partial charge is 0.251 e. The normalized spacial score (nSPS) is 10.8. The van der Waals surface area contributed by atoms with Crippen molar-refractivity contribution in [3.63, 3.8) is 0 Å². The number of hydrogen-bond donors (Lipinski definition) is 1. The number of halogens is 1. The number of amides is 1. The molecule has 1 heterocycles. The van der Waals surface area contributed by atoms with Gasteiger partial charge in [-0.1, -0.05) is 23.7 Å². The third-order valence-electron chi connectivity index (χ3n) is 3.76. The van der Waals surface area contributed by atoms with Gasteiger partial charge in [-0.05, 0) is 48.4 Å². The van der Waals surface area contributed by atoms with Crippen LogP contribution in [-0.4, -0.2) is 17.0 Å². The minimum absolute atomic E-state index is 0.0419. The summed E-state index contributed by atoms with van der Waals surface area (Å²) in [5, 5.41) is 4.76. The average molecular weight is 313 g/mol. The van der Waals surface area contributed by atoms with E-state index in [1.54, 1.807) is 0 Å². The number of nitrogens with zero attached hydrogens (tertiary/aromatic N) is 1. The van der Waals surface area contributed by atoms with Crippen LogP contribution in [0.25, 0.3) is 10.9 Å². The lowest BCUT2D eigenvalue weighted by Crippen LogP contribution is -2.25. The molecule has 0 saturated carbocycles. The first-order valence-electron chi connectivity index (χ1n) is 7.21. The zero-order valence-electron chi connectivity index (χ0n) is 12.3. The van der Waals surface area contributed by atoms with Crippen LogP contribution in [0.4, 0.5) is 0 Å². The molecular formula is C18H17ClN2O. The van der Waals surface area contributed by atoms with Crippen molar-refractivity contribution in [2.75, 3.05) is 6.54 Å². The largest absolute Gasteiger partial charge is 0.352 e. The van der Waals surface area contributed by atoms with Gasteiger partial charge in [0, 0.05) is 41.3 Å². The molecular weight excluding hydrogens is 296 g/mol. The molecule has 4 heteroatoms. The Morgan fingerprint density at radius 1 is 1.14 bits per heavy atom. The van der Waals surface area contributed by atoms with Crippen LogP contribution < -0.4 is 5.32 Å². The molecule has 1 aromatic heterocycles. The van der Waals surface area contributed by atoms with Gasteiger partial charge in [-0.25, -0.2) is 0 Å². The minimum Gasteiger partial charge on any atom is -0.352 e. The van der Waals surface area contributed by atoms with Crippen LogP contribution in [0, 0.1) is 0 Å². The first-order valence-corrected chi connectivity index (χ1v) is 7.59. The highest BCUT2D eigenvalue weighted by atomic mass is 35.5. The van der Waals surface area contributed by atoms with Gasteiger partial charge in [-0.15, -0.1) is 0 Å². The Kier molecular flexibility index (Phi) is 4.16. The molecule has 3 rings (SSSR count). The number of aromatic nitrogens is 1. The van der Waals surface area contributed by atoms with E-state index in [4.69, 9.17) is 11.6 Å². The van der Waals surface area contributed by atoms with Crippen molar-refractivity contribution in [3.8, 4) is 0 Å². The molecule has 1 N–H and O–H groups in total. The van der Waals surface area contributed by atoms with E-state index in [1.165, 1.54) is 0 Å². The Balaban J connectivity index is 1.62. The monoisotopic (exact) mass is 312 g/mol. The Morgan fingerprint density at radius 2 is 1.91 bits per heavy atom. The molecule has 22 heavy (non-hydrogen) atoms. The lowest BCUT2D eigenvalue weighted by molar-refractivity contribution is 0.0954. The molecule has 0 saturated heterocycles. The van der Waals surface area contributed by atoms with Crippen LogP contribution in [0.1, 0.15) is 15.9 Å². The van der Waals surface area contributed by atoms with Crippen molar-refractivity contribution in [2.24, 2.45) is 7.05 Å². The van der Waals surface area contributed by atoms with E-state index in [0.29, 0.717) is 12.1 Å². The summed E-state index contributed by atoms with van der Waals surface area (Å²) >= 11 is 5.85. The van der Waals surface area contributed by atoms with Crippen molar-refractivity contribution < 1.29 is 4.79 Å². The molecule has 0 spiro atoms. The van der Waals surface area contributed by atoms with E-state index in [9.17, 15) is 4.79 Å².